The number of rotatable bonds is 4. The van der Waals surface area contributed by atoms with Crippen LogP contribution in [0.4, 0.5) is 0 Å². The summed E-state index contributed by atoms with van der Waals surface area (Å²) in [6.45, 7) is 1.85. The van der Waals surface area contributed by atoms with Gasteiger partial charge in [0.05, 0.1) is 0 Å². The lowest BCUT2D eigenvalue weighted by atomic mass is 9.95. The summed E-state index contributed by atoms with van der Waals surface area (Å²) in [5, 5.41) is 8.71. The molecule has 1 aromatic rings. The summed E-state index contributed by atoms with van der Waals surface area (Å²) in [4.78, 5) is 10.6. The number of carboxylic acid groups (broad SMARTS) is 1. The van der Waals surface area contributed by atoms with E-state index in [1.807, 2.05) is 37.3 Å². The third-order valence-corrected chi connectivity index (χ3v) is 2.30. The zero-order valence-electron chi connectivity index (χ0n) is 8.18. The summed E-state index contributed by atoms with van der Waals surface area (Å²) in [6.07, 6.45) is 0.703. The van der Waals surface area contributed by atoms with E-state index in [9.17, 15) is 4.79 Å². The van der Waals surface area contributed by atoms with Crippen LogP contribution in [0.2, 0.25) is 0 Å². The van der Waals surface area contributed by atoms with Crippen LogP contribution in [0.25, 0.3) is 0 Å². The molecule has 0 aliphatic rings. The Morgan fingerprint density at radius 3 is 2.50 bits per heavy atom. The first-order valence-electron chi connectivity index (χ1n) is 4.63. The Morgan fingerprint density at radius 1 is 1.43 bits per heavy atom. The number of aliphatic carboxylic acids is 1. The van der Waals surface area contributed by atoms with E-state index in [0.717, 1.165) is 5.56 Å². The highest BCUT2D eigenvalue weighted by molar-refractivity contribution is 5.73. The fraction of sp³-hybridized carbons (Fsp3) is 0.364. The summed E-state index contributed by atoms with van der Waals surface area (Å²) in [5.41, 5.74) is 6.63. The second-order valence-corrected chi connectivity index (χ2v) is 3.53. The molecule has 0 spiro atoms. The molecule has 0 radical (unpaired) electrons. The highest BCUT2D eigenvalue weighted by atomic mass is 16.4. The summed E-state index contributed by atoms with van der Waals surface area (Å²) in [5.74, 6) is -0.983. The van der Waals surface area contributed by atoms with Gasteiger partial charge >= 0.3 is 5.97 Å². The van der Waals surface area contributed by atoms with Crippen LogP contribution in [0, 0.1) is 5.92 Å². The molecule has 0 bridgehead atoms. The average molecular weight is 193 g/mol. The van der Waals surface area contributed by atoms with E-state index in [4.69, 9.17) is 10.8 Å². The van der Waals surface area contributed by atoms with Gasteiger partial charge in [0.1, 0.15) is 6.04 Å². The van der Waals surface area contributed by atoms with Gasteiger partial charge in [0.15, 0.2) is 0 Å². The number of carboxylic acids is 1. The lowest BCUT2D eigenvalue weighted by Crippen LogP contribution is -2.37. The van der Waals surface area contributed by atoms with Gasteiger partial charge in [-0.2, -0.15) is 0 Å². The first kappa shape index (κ1) is 10.7. The summed E-state index contributed by atoms with van der Waals surface area (Å²) < 4.78 is 0. The molecule has 1 rings (SSSR count). The van der Waals surface area contributed by atoms with E-state index in [1.165, 1.54) is 0 Å². The molecule has 0 aliphatic heterocycles. The molecule has 14 heavy (non-hydrogen) atoms. The Hall–Kier alpha value is -1.35. The van der Waals surface area contributed by atoms with Crippen molar-refractivity contribution in [1.82, 2.24) is 0 Å². The van der Waals surface area contributed by atoms with Gasteiger partial charge in [-0.15, -0.1) is 0 Å². The van der Waals surface area contributed by atoms with E-state index < -0.39 is 12.0 Å². The van der Waals surface area contributed by atoms with Crippen molar-refractivity contribution in [3.63, 3.8) is 0 Å². The zero-order chi connectivity index (χ0) is 10.6. The summed E-state index contributed by atoms with van der Waals surface area (Å²) >= 11 is 0. The highest BCUT2D eigenvalue weighted by Crippen LogP contribution is 2.10. The van der Waals surface area contributed by atoms with Crippen LogP contribution in [-0.2, 0) is 11.2 Å². The summed E-state index contributed by atoms with van der Waals surface area (Å²) in [6, 6.07) is 8.99. The summed E-state index contributed by atoms with van der Waals surface area (Å²) in [7, 11) is 0. The van der Waals surface area contributed by atoms with Crippen LogP contribution in [0.3, 0.4) is 0 Å². The predicted octanol–water partition coefficient (Wildman–Crippen LogP) is 1.28. The Balaban J connectivity index is 2.57. The zero-order valence-corrected chi connectivity index (χ0v) is 8.18. The molecule has 3 heteroatoms. The number of hydrogen-bond donors (Lipinski definition) is 2. The average Bonchev–Trinajstić information content (AvgIpc) is 2.18. The van der Waals surface area contributed by atoms with E-state index in [2.05, 4.69) is 0 Å². The first-order valence-corrected chi connectivity index (χ1v) is 4.63. The first-order chi connectivity index (χ1) is 6.61. The fourth-order valence-electron chi connectivity index (χ4n) is 1.36. The Kier molecular flexibility index (Phi) is 3.65. The van der Waals surface area contributed by atoms with Crippen molar-refractivity contribution < 1.29 is 9.90 Å². The maximum absolute atomic E-state index is 10.6. The monoisotopic (exact) mass is 193 g/mol. The SMILES string of the molecule is CC(Cc1ccccc1)[C@H](N)C(=O)O. The molecule has 1 unspecified atom stereocenters. The van der Waals surface area contributed by atoms with Crippen LogP contribution in [0.5, 0.6) is 0 Å². The van der Waals surface area contributed by atoms with Crippen molar-refractivity contribution in [3.8, 4) is 0 Å². The lowest BCUT2D eigenvalue weighted by molar-refractivity contribution is -0.139. The number of nitrogens with two attached hydrogens (primary N) is 1. The quantitative estimate of drug-likeness (QED) is 0.757. The van der Waals surface area contributed by atoms with Gasteiger partial charge in [-0.1, -0.05) is 37.3 Å². The molecule has 0 aliphatic carbocycles. The van der Waals surface area contributed by atoms with E-state index >= 15 is 0 Å². The van der Waals surface area contributed by atoms with Gasteiger partial charge in [0.2, 0.25) is 0 Å². The molecule has 3 N–H and O–H groups in total. The Morgan fingerprint density at radius 2 is 2.00 bits per heavy atom. The Labute approximate surface area is 83.6 Å². The topological polar surface area (TPSA) is 63.3 Å². The molecule has 2 atom stereocenters. The Bertz CT molecular complexity index is 297. The lowest BCUT2D eigenvalue weighted by Gasteiger charge is -2.15. The highest BCUT2D eigenvalue weighted by Gasteiger charge is 2.19. The van der Waals surface area contributed by atoms with Crippen molar-refractivity contribution in [2.75, 3.05) is 0 Å². The van der Waals surface area contributed by atoms with E-state index in [0.29, 0.717) is 6.42 Å². The van der Waals surface area contributed by atoms with Gasteiger partial charge in [-0.25, -0.2) is 0 Å². The predicted molar refractivity (Wildman–Crippen MR) is 54.9 cm³/mol. The molecule has 0 aromatic heterocycles. The molecule has 0 heterocycles. The molecule has 1 aromatic carbocycles. The number of carbonyl (C=O) groups is 1. The maximum Gasteiger partial charge on any atom is 0.320 e. The van der Waals surface area contributed by atoms with Gasteiger partial charge < -0.3 is 10.8 Å². The van der Waals surface area contributed by atoms with Crippen molar-refractivity contribution in [2.45, 2.75) is 19.4 Å². The van der Waals surface area contributed by atoms with E-state index in [1.54, 1.807) is 0 Å². The maximum atomic E-state index is 10.6. The van der Waals surface area contributed by atoms with Crippen LogP contribution in [-0.4, -0.2) is 17.1 Å². The second kappa shape index (κ2) is 4.77. The van der Waals surface area contributed by atoms with Gasteiger partial charge in [-0.05, 0) is 17.9 Å². The number of hydrogen-bond acceptors (Lipinski definition) is 2. The molecule has 76 valence electrons. The van der Waals surface area contributed by atoms with Gasteiger partial charge in [-0.3, -0.25) is 4.79 Å². The standard InChI is InChI=1S/C11H15NO2/c1-8(10(12)11(13)14)7-9-5-3-2-4-6-9/h2-6,8,10H,7,12H2,1H3,(H,13,14)/t8?,10-/m0/s1. The molecular formula is C11H15NO2. The molecular weight excluding hydrogens is 178 g/mol. The van der Waals surface area contributed by atoms with Crippen molar-refractivity contribution >= 4 is 5.97 Å². The largest absolute Gasteiger partial charge is 0.480 e. The van der Waals surface area contributed by atoms with Crippen molar-refractivity contribution in [1.29, 1.82) is 0 Å². The van der Waals surface area contributed by atoms with E-state index in [-0.39, 0.29) is 5.92 Å². The normalized spacial score (nSPS) is 14.7. The van der Waals surface area contributed by atoms with Crippen LogP contribution in [0.15, 0.2) is 30.3 Å². The minimum absolute atomic E-state index is 0.0464. The van der Waals surface area contributed by atoms with Gasteiger partial charge in [0.25, 0.3) is 0 Å². The van der Waals surface area contributed by atoms with Crippen LogP contribution < -0.4 is 5.73 Å². The minimum Gasteiger partial charge on any atom is -0.480 e. The second-order valence-electron chi connectivity index (χ2n) is 3.53. The third-order valence-electron chi connectivity index (χ3n) is 2.30. The molecule has 0 saturated carbocycles. The molecule has 3 nitrogen and oxygen atoms in total. The fourth-order valence-corrected chi connectivity index (χ4v) is 1.36. The third kappa shape index (κ3) is 2.85. The molecule has 0 saturated heterocycles. The minimum atomic E-state index is -0.937. The van der Waals surface area contributed by atoms with Crippen LogP contribution >= 0.6 is 0 Å². The van der Waals surface area contributed by atoms with Crippen LogP contribution in [0.1, 0.15) is 12.5 Å². The van der Waals surface area contributed by atoms with Crippen molar-refractivity contribution in [2.24, 2.45) is 11.7 Å². The van der Waals surface area contributed by atoms with Gasteiger partial charge in [0, 0.05) is 0 Å². The molecule has 0 fully saturated rings. The molecule has 0 amide bonds. The smallest absolute Gasteiger partial charge is 0.320 e. The van der Waals surface area contributed by atoms with Crippen molar-refractivity contribution in [3.05, 3.63) is 35.9 Å². The number of benzene rings is 1.